The molecule has 0 saturated heterocycles. The van der Waals surface area contributed by atoms with Gasteiger partial charge in [-0.05, 0) is 53.5 Å². The van der Waals surface area contributed by atoms with E-state index in [2.05, 4.69) is 22.3 Å². The van der Waals surface area contributed by atoms with Gasteiger partial charge in [0.05, 0.1) is 14.2 Å². The van der Waals surface area contributed by atoms with Crippen molar-refractivity contribution in [2.45, 2.75) is 19.5 Å². The van der Waals surface area contributed by atoms with Crippen LogP contribution in [0.4, 0.5) is 0 Å². The van der Waals surface area contributed by atoms with Crippen molar-refractivity contribution in [2.75, 3.05) is 20.8 Å². The highest BCUT2D eigenvalue weighted by Crippen LogP contribution is 2.24. The second kappa shape index (κ2) is 11.6. The summed E-state index contributed by atoms with van der Waals surface area (Å²) in [4.78, 5) is 2.17. The summed E-state index contributed by atoms with van der Waals surface area (Å²) in [6.45, 7) is 2.12. The molecule has 0 aromatic heterocycles. The third kappa shape index (κ3) is 6.88. The maximum Gasteiger partial charge on any atom is 0.169 e. The summed E-state index contributed by atoms with van der Waals surface area (Å²) < 4.78 is 10.8. The smallest absolute Gasteiger partial charge is 0.169 e. The van der Waals surface area contributed by atoms with Gasteiger partial charge in [0.15, 0.2) is 5.11 Å². The zero-order chi connectivity index (χ0) is 22.1. The molecule has 3 rings (SSSR count). The van der Waals surface area contributed by atoms with Crippen LogP contribution in [0.3, 0.4) is 0 Å². The Bertz CT molecular complexity index is 981. The number of benzene rings is 3. The normalized spacial score (nSPS) is 10.4. The zero-order valence-corrected chi connectivity index (χ0v) is 19.4. The molecule has 0 radical (unpaired) electrons. The lowest BCUT2D eigenvalue weighted by atomic mass is 10.1. The third-order valence-electron chi connectivity index (χ3n) is 4.95. The maximum absolute atomic E-state index is 6.04. The van der Waals surface area contributed by atoms with Gasteiger partial charge in [0, 0.05) is 30.7 Å². The number of hydrogen-bond donors (Lipinski definition) is 1. The molecule has 162 valence electrons. The Morgan fingerprint density at radius 3 is 2.23 bits per heavy atom. The molecule has 4 nitrogen and oxygen atoms in total. The van der Waals surface area contributed by atoms with Gasteiger partial charge in [0.2, 0.25) is 0 Å². The van der Waals surface area contributed by atoms with Crippen LogP contribution in [0, 0.1) is 0 Å². The lowest BCUT2D eigenvalue weighted by molar-refractivity contribution is 0.389. The minimum atomic E-state index is 0.698. The minimum Gasteiger partial charge on any atom is -0.497 e. The number of halogens is 1. The van der Waals surface area contributed by atoms with Crippen LogP contribution >= 0.6 is 23.8 Å². The first-order valence-corrected chi connectivity index (χ1v) is 10.9. The van der Waals surface area contributed by atoms with Crippen molar-refractivity contribution >= 4 is 28.9 Å². The van der Waals surface area contributed by atoms with Crippen molar-refractivity contribution in [2.24, 2.45) is 0 Å². The number of methoxy groups -OCH3 is 2. The topological polar surface area (TPSA) is 33.7 Å². The van der Waals surface area contributed by atoms with Crippen LogP contribution in [0.2, 0.25) is 5.02 Å². The van der Waals surface area contributed by atoms with Gasteiger partial charge in [-0.25, -0.2) is 0 Å². The number of rotatable bonds is 9. The molecule has 0 heterocycles. The Labute approximate surface area is 194 Å². The van der Waals surface area contributed by atoms with Crippen LogP contribution in [-0.2, 0) is 19.5 Å². The summed E-state index contributed by atoms with van der Waals surface area (Å²) in [7, 11) is 3.32. The van der Waals surface area contributed by atoms with Gasteiger partial charge in [0.1, 0.15) is 11.5 Å². The molecule has 0 amide bonds. The van der Waals surface area contributed by atoms with E-state index >= 15 is 0 Å². The van der Waals surface area contributed by atoms with Gasteiger partial charge in [-0.1, -0.05) is 60.1 Å². The molecule has 0 aliphatic carbocycles. The summed E-state index contributed by atoms with van der Waals surface area (Å²) in [6.07, 6.45) is 0.785. The first-order chi connectivity index (χ1) is 15.1. The fraction of sp³-hybridized carbons (Fsp3) is 0.240. The van der Waals surface area contributed by atoms with E-state index in [1.54, 1.807) is 14.2 Å². The molecule has 0 aliphatic rings. The highest BCUT2D eigenvalue weighted by molar-refractivity contribution is 7.80. The summed E-state index contributed by atoms with van der Waals surface area (Å²) in [5.74, 6) is 1.59. The van der Waals surface area contributed by atoms with Gasteiger partial charge in [0.25, 0.3) is 0 Å². The molecule has 31 heavy (non-hydrogen) atoms. The second-order valence-electron chi connectivity index (χ2n) is 7.13. The molecule has 0 spiro atoms. The molecule has 0 atom stereocenters. The standard InChI is InChI=1S/C25H27ClN2O2S/c1-29-23-13-10-21(24(16-23)30-2)14-15-27-25(31)28(17-19-6-4-3-5-7-19)18-20-8-11-22(26)12-9-20/h3-13,16H,14-15,17-18H2,1-2H3,(H,27,31). The average Bonchev–Trinajstić information content (AvgIpc) is 2.80. The van der Waals surface area contributed by atoms with E-state index in [1.807, 2.05) is 60.7 Å². The number of thiocarbonyl (C=S) groups is 1. The predicted octanol–water partition coefficient (Wildman–Crippen LogP) is 5.48. The van der Waals surface area contributed by atoms with Crippen molar-refractivity contribution in [1.29, 1.82) is 0 Å². The maximum atomic E-state index is 6.04. The fourth-order valence-electron chi connectivity index (χ4n) is 3.29. The summed E-state index contributed by atoms with van der Waals surface area (Å²) >= 11 is 11.8. The van der Waals surface area contributed by atoms with E-state index in [4.69, 9.17) is 33.3 Å². The monoisotopic (exact) mass is 454 g/mol. The Kier molecular flexibility index (Phi) is 8.56. The lowest BCUT2D eigenvalue weighted by Crippen LogP contribution is -2.39. The lowest BCUT2D eigenvalue weighted by Gasteiger charge is -2.26. The molecule has 3 aromatic carbocycles. The highest BCUT2D eigenvalue weighted by atomic mass is 35.5. The molecule has 0 unspecified atom stereocenters. The molecule has 3 aromatic rings. The Balaban J connectivity index is 1.65. The van der Waals surface area contributed by atoms with Crippen LogP contribution < -0.4 is 14.8 Å². The molecule has 1 N–H and O–H groups in total. The van der Waals surface area contributed by atoms with Gasteiger partial charge in [-0.2, -0.15) is 0 Å². The van der Waals surface area contributed by atoms with Crippen LogP contribution in [0.15, 0.2) is 72.8 Å². The van der Waals surface area contributed by atoms with Gasteiger partial charge in [-0.15, -0.1) is 0 Å². The zero-order valence-electron chi connectivity index (χ0n) is 17.8. The Morgan fingerprint density at radius 2 is 1.58 bits per heavy atom. The van der Waals surface area contributed by atoms with Gasteiger partial charge < -0.3 is 19.7 Å². The summed E-state index contributed by atoms with van der Waals surface area (Å²) in [5.41, 5.74) is 3.46. The van der Waals surface area contributed by atoms with E-state index in [0.29, 0.717) is 18.2 Å². The first kappa shape index (κ1) is 22.9. The van der Waals surface area contributed by atoms with Crippen molar-refractivity contribution < 1.29 is 9.47 Å². The van der Waals surface area contributed by atoms with Gasteiger partial charge >= 0.3 is 0 Å². The molecule has 0 saturated carbocycles. The third-order valence-corrected chi connectivity index (χ3v) is 5.61. The summed E-state index contributed by atoms with van der Waals surface area (Å²) in [6, 6.07) is 24.1. The van der Waals surface area contributed by atoms with Crippen molar-refractivity contribution in [3.05, 3.63) is 94.5 Å². The van der Waals surface area contributed by atoms with Crippen molar-refractivity contribution in [3.8, 4) is 11.5 Å². The minimum absolute atomic E-state index is 0.698. The molecule has 0 bridgehead atoms. The van der Waals surface area contributed by atoms with E-state index in [1.165, 1.54) is 5.56 Å². The van der Waals surface area contributed by atoms with Crippen molar-refractivity contribution in [3.63, 3.8) is 0 Å². The number of hydrogen-bond acceptors (Lipinski definition) is 3. The quantitative estimate of drug-likeness (QED) is 0.433. The molecule has 6 heteroatoms. The fourth-order valence-corrected chi connectivity index (χ4v) is 3.64. The van der Waals surface area contributed by atoms with Crippen molar-refractivity contribution in [1.82, 2.24) is 10.2 Å². The van der Waals surface area contributed by atoms with Crippen LogP contribution in [0.5, 0.6) is 11.5 Å². The van der Waals surface area contributed by atoms with E-state index < -0.39 is 0 Å². The van der Waals surface area contributed by atoms with Crippen LogP contribution in [0.1, 0.15) is 16.7 Å². The first-order valence-electron chi connectivity index (χ1n) is 10.1. The number of ether oxygens (including phenoxy) is 2. The van der Waals surface area contributed by atoms with Crippen LogP contribution in [0.25, 0.3) is 0 Å². The summed E-state index contributed by atoms with van der Waals surface area (Å²) in [5, 5.41) is 4.85. The molecular weight excluding hydrogens is 428 g/mol. The average molecular weight is 455 g/mol. The Hall–Kier alpha value is -2.76. The van der Waals surface area contributed by atoms with Crippen LogP contribution in [-0.4, -0.2) is 30.8 Å². The van der Waals surface area contributed by atoms with Gasteiger partial charge in [-0.3, -0.25) is 0 Å². The molecular formula is C25H27ClN2O2S. The predicted molar refractivity (Wildman–Crippen MR) is 131 cm³/mol. The van der Waals surface area contributed by atoms with E-state index in [0.717, 1.165) is 40.6 Å². The van der Waals surface area contributed by atoms with E-state index in [9.17, 15) is 0 Å². The molecule has 0 fully saturated rings. The number of nitrogens with one attached hydrogen (secondary N) is 1. The Morgan fingerprint density at radius 1 is 0.903 bits per heavy atom. The number of nitrogens with zero attached hydrogens (tertiary/aromatic N) is 1. The van der Waals surface area contributed by atoms with E-state index in [-0.39, 0.29) is 0 Å². The largest absolute Gasteiger partial charge is 0.497 e. The second-order valence-corrected chi connectivity index (χ2v) is 7.95. The SMILES string of the molecule is COc1ccc(CCNC(=S)N(Cc2ccccc2)Cc2ccc(Cl)cc2)c(OC)c1. The highest BCUT2D eigenvalue weighted by Gasteiger charge is 2.12. The molecule has 0 aliphatic heterocycles.